The molecule has 0 unspecified atom stereocenters. The van der Waals surface area contributed by atoms with Gasteiger partial charge in [-0.15, -0.1) is 0 Å². The van der Waals surface area contributed by atoms with Gasteiger partial charge < -0.3 is 4.57 Å². The summed E-state index contributed by atoms with van der Waals surface area (Å²) in [5, 5.41) is 1.35. The van der Waals surface area contributed by atoms with Gasteiger partial charge in [-0.25, -0.2) is 4.98 Å². The Kier molecular flexibility index (Phi) is 6.09. The van der Waals surface area contributed by atoms with Crippen molar-refractivity contribution in [1.82, 2.24) is 9.55 Å². The molecule has 1 heterocycles. The molecule has 0 saturated carbocycles. The predicted molar refractivity (Wildman–Crippen MR) is 90.0 cm³/mol. The number of nitrogens with zero attached hydrogens (tertiary/aromatic N) is 2. The Morgan fingerprint density at radius 2 is 1.76 bits per heavy atom. The Morgan fingerprint density at radius 3 is 2.24 bits per heavy atom. The molecule has 3 rings (SSSR count). The average molecular weight is 321 g/mol. The number of allylic oxidation sites excluding steroid dienone is 4. The van der Waals surface area contributed by atoms with Crippen molar-refractivity contribution in [3.05, 3.63) is 76.3 Å². The molecule has 0 amide bonds. The van der Waals surface area contributed by atoms with Crippen LogP contribution >= 0.6 is 23.2 Å². The SMILES string of the molecule is C1=CCC=CC1.Cc1cncn1Cc1ccc(Cl)cc1Cl. The smallest absolute Gasteiger partial charge is 0.0951 e. The van der Waals surface area contributed by atoms with Gasteiger partial charge in [0, 0.05) is 21.9 Å². The lowest BCUT2D eigenvalue weighted by atomic mass is 10.2. The highest BCUT2D eigenvalue weighted by atomic mass is 35.5. The quantitative estimate of drug-likeness (QED) is 0.674. The second-order valence-corrected chi connectivity index (χ2v) is 5.66. The lowest BCUT2D eigenvalue weighted by Gasteiger charge is -2.07. The summed E-state index contributed by atoms with van der Waals surface area (Å²) in [4.78, 5) is 4.06. The van der Waals surface area contributed by atoms with Gasteiger partial charge in [-0.05, 0) is 37.5 Å². The first-order valence-electron chi connectivity index (χ1n) is 6.87. The first-order valence-corrected chi connectivity index (χ1v) is 7.63. The third kappa shape index (κ3) is 5.07. The third-order valence-corrected chi connectivity index (χ3v) is 3.74. The first-order chi connectivity index (χ1) is 10.2. The minimum atomic E-state index is 0.658. The summed E-state index contributed by atoms with van der Waals surface area (Å²) in [6.45, 7) is 2.73. The molecule has 21 heavy (non-hydrogen) atoms. The summed E-state index contributed by atoms with van der Waals surface area (Å²) in [7, 11) is 0. The maximum Gasteiger partial charge on any atom is 0.0951 e. The van der Waals surface area contributed by atoms with Gasteiger partial charge in [-0.2, -0.15) is 0 Å². The van der Waals surface area contributed by atoms with Crippen LogP contribution in [0.1, 0.15) is 24.1 Å². The highest BCUT2D eigenvalue weighted by Crippen LogP contribution is 2.22. The standard InChI is InChI=1S/C11H10Cl2N2.C6H8/c1-8-5-14-7-15(8)6-9-2-3-10(12)4-11(9)13;1-2-4-6-5-3-1/h2-5,7H,6H2,1H3;1-2,5-6H,3-4H2. The van der Waals surface area contributed by atoms with E-state index in [1.165, 1.54) is 0 Å². The normalized spacial score (nSPS) is 12.9. The van der Waals surface area contributed by atoms with E-state index in [1.54, 1.807) is 12.4 Å². The van der Waals surface area contributed by atoms with Crippen LogP contribution in [0.4, 0.5) is 0 Å². The van der Waals surface area contributed by atoms with Crippen LogP contribution in [0.3, 0.4) is 0 Å². The Bertz CT molecular complexity index is 622. The van der Waals surface area contributed by atoms with Gasteiger partial charge in [-0.1, -0.05) is 53.6 Å². The second kappa shape index (κ2) is 8.06. The lowest BCUT2D eigenvalue weighted by Crippen LogP contribution is -2.00. The number of benzene rings is 1. The van der Waals surface area contributed by atoms with E-state index in [-0.39, 0.29) is 0 Å². The fraction of sp³-hybridized carbons (Fsp3) is 0.235. The number of hydrogen-bond acceptors (Lipinski definition) is 1. The zero-order chi connectivity index (χ0) is 15.1. The van der Waals surface area contributed by atoms with E-state index in [1.807, 2.05) is 29.8 Å². The largest absolute Gasteiger partial charge is 0.330 e. The second-order valence-electron chi connectivity index (χ2n) is 4.81. The monoisotopic (exact) mass is 320 g/mol. The zero-order valence-electron chi connectivity index (χ0n) is 12.0. The molecule has 110 valence electrons. The minimum Gasteiger partial charge on any atom is -0.330 e. The summed E-state index contributed by atoms with van der Waals surface area (Å²) >= 11 is 11.9. The van der Waals surface area contributed by atoms with Gasteiger partial charge in [0.25, 0.3) is 0 Å². The van der Waals surface area contributed by atoms with Crippen LogP contribution in [-0.4, -0.2) is 9.55 Å². The van der Waals surface area contributed by atoms with Crippen LogP contribution in [0.5, 0.6) is 0 Å². The van der Waals surface area contributed by atoms with Gasteiger partial charge in [0.05, 0.1) is 12.9 Å². The van der Waals surface area contributed by atoms with Crippen molar-refractivity contribution in [3.8, 4) is 0 Å². The number of aryl methyl sites for hydroxylation is 1. The fourth-order valence-electron chi connectivity index (χ4n) is 1.93. The number of imidazole rings is 1. The zero-order valence-corrected chi connectivity index (χ0v) is 13.5. The van der Waals surface area contributed by atoms with Crippen LogP contribution in [0.2, 0.25) is 10.0 Å². The highest BCUT2D eigenvalue weighted by Gasteiger charge is 2.03. The molecule has 2 nitrogen and oxygen atoms in total. The molecule has 0 aliphatic heterocycles. The van der Waals surface area contributed by atoms with E-state index in [9.17, 15) is 0 Å². The molecule has 4 heteroatoms. The van der Waals surface area contributed by atoms with Gasteiger partial charge in [0.2, 0.25) is 0 Å². The van der Waals surface area contributed by atoms with Crippen LogP contribution in [0.15, 0.2) is 55.0 Å². The molecule has 0 fully saturated rings. The van der Waals surface area contributed by atoms with Crippen molar-refractivity contribution in [2.45, 2.75) is 26.3 Å². The number of aromatic nitrogens is 2. The molecule has 1 aromatic carbocycles. The molecule has 0 bridgehead atoms. The molecular formula is C17H18Cl2N2. The molecule has 1 aliphatic carbocycles. The summed E-state index contributed by atoms with van der Waals surface area (Å²) < 4.78 is 2.04. The van der Waals surface area contributed by atoms with E-state index in [2.05, 4.69) is 29.3 Å². The van der Waals surface area contributed by atoms with Gasteiger partial charge >= 0.3 is 0 Å². The molecule has 0 atom stereocenters. The molecule has 0 saturated heterocycles. The Labute approximate surface area is 135 Å². The summed E-state index contributed by atoms with van der Waals surface area (Å²) in [6.07, 6.45) is 14.6. The Balaban J connectivity index is 0.000000225. The van der Waals surface area contributed by atoms with Crippen LogP contribution in [-0.2, 0) is 6.54 Å². The molecule has 2 aromatic rings. The number of halogens is 2. The van der Waals surface area contributed by atoms with E-state index in [0.717, 1.165) is 30.6 Å². The van der Waals surface area contributed by atoms with Crippen molar-refractivity contribution in [2.75, 3.05) is 0 Å². The number of hydrogen-bond donors (Lipinski definition) is 0. The summed E-state index contributed by atoms with van der Waals surface area (Å²) in [5.41, 5.74) is 2.16. The van der Waals surface area contributed by atoms with Crippen molar-refractivity contribution >= 4 is 23.2 Å². The van der Waals surface area contributed by atoms with Crippen LogP contribution < -0.4 is 0 Å². The van der Waals surface area contributed by atoms with E-state index < -0.39 is 0 Å². The molecule has 0 spiro atoms. The minimum absolute atomic E-state index is 0.658. The molecule has 1 aliphatic rings. The van der Waals surface area contributed by atoms with Gasteiger partial charge in [0.15, 0.2) is 0 Å². The van der Waals surface area contributed by atoms with Crippen LogP contribution in [0, 0.1) is 6.92 Å². The Hall–Kier alpha value is -1.51. The maximum absolute atomic E-state index is 6.08. The Morgan fingerprint density at radius 1 is 1.10 bits per heavy atom. The summed E-state index contributed by atoms with van der Waals surface area (Å²) in [5.74, 6) is 0. The predicted octanol–water partition coefficient (Wildman–Crippen LogP) is 5.44. The van der Waals surface area contributed by atoms with E-state index in [0.29, 0.717) is 10.0 Å². The highest BCUT2D eigenvalue weighted by molar-refractivity contribution is 6.35. The van der Waals surface area contributed by atoms with Gasteiger partial charge in [-0.3, -0.25) is 0 Å². The van der Waals surface area contributed by atoms with Gasteiger partial charge in [0.1, 0.15) is 0 Å². The third-order valence-electron chi connectivity index (χ3n) is 3.15. The number of rotatable bonds is 2. The van der Waals surface area contributed by atoms with Crippen molar-refractivity contribution in [2.24, 2.45) is 0 Å². The maximum atomic E-state index is 6.08. The summed E-state index contributed by atoms with van der Waals surface area (Å²) in [6, 6.07) is 5.53. The van der Waals surface area contributed by atoms with E-state index in [4.69, 9.17) is 23.2 Å². The molecule has 0 N–H and O–H groups in total. The molecule has 1 aromatic heterocycles. The average Bonchev–Trinajstić information content (AvgIpc) is 2.90. The molecular weight excluding hydrogens is 303 g/mol. The first kappa shape index (κ1) is 15.9. The topological polar surface area (TPSA) is 17.8 Å². The fourth-order valence-corrected chi connectivity index (χ4v) is 2.40. The molecule has 0 radical (unpaired) electrons. The van der Waals surface area contributed by atoms with E-state index >= 15 is 0 Å². The van der Waals surface area contributed by atoms with Crippen LogP contribution in [0.25, 0.3) is 0 Å². The van der Waals surface area contributed by atoms with Crippen molar-refractivity contribution in [1.29, 1.82) is 0 Å². The van der Waals surface area contributed by atoms with Crippen molar-refractivity contribution < 1.29 is 0 Å². The lowest BCUT2D eigenvalue weighted by molar-refractivity contribution is 0.770. The van der Waals surface area contributed by atoms with Crippen molar-refractivity contribution in [3.63, 3.8) is 0 Å².